The molecule has 1 radical (unpaired) electrons. The third-order valence-corrected chi connectivity index (χ3v) is 1.94. The molecule has 1 aliphatic rings. The zero-order valence-corrected chi connectivity index (χ0v) is 6.18. The topological polar surface area (TPSA) is 14.1 Å². The van der Waals surface area contributed by atoms with Crippen LogP contribution in [0.3, 0.4) is 0 Å². The first-order valence-electron chi connectivity index (χ1n) is 3.83. The van der Waals surface area contributed by atoms with Crippen LogP contribution < -0.4 is 5.32 Å². The molecule has 1 aromatic rings. The summed E-state index contributed by atoms with van der Waals surface area (Å²) in [6.45, 7) is 0.772. The van der Waals surface area contributed by atoms with Gasteiger partial charge in [0.25, 0.3) is 0 Å². The summed E-state index contributed by atoms with van der Waals surface area (Å²) in [5.41, 5.74) is 1.63. The predicted octanol–water partition coefficient (Wildman–Crippen LogP) is 2.01. The summed E-state index contributed by atoms with van der Waals surface area (Å²) < 4.78 is 13.0. The lowest BCUT2D eigenvalue weighted by Gasteiger charge is -2.15. The lowest BCUT2D eigenvalue weighted by Crippen LogP contribution is -2.11. The molecule has 0 fully saturated rings. The number of hydrogen-bond acceptors (Lipinski definition) is 0. The van der Waals surface area contributed by atoms with E-state index in [-0.39, 0.29) is 5.82 Å². The summed E-state index contributed by atoms with van der Waals surface area (Å²) in [7, 11) is 0. The molecule has 0 aliphatic carbocycles. The van der Waals surface area contributed by atoms with Crippen LogP contribution in [0.25, 0.3) is 0 Å². The van der Waals surface area contributed by atoms with Crippen molar-refractivity contribution < 1.29 is 4.39 Å². The summed E-state index contributed by atoms with van der Waals surface area (Å²) in [5.74, 6) is -0.179. The lowest BCUT2D eigenvalue weighted by molar-refractivity contribution is 0.595. The van der Waals surface area contributed by atoms with Gasteiger partial charge in [-0.05, 0) is 24.5 Å². The van der Waals surface area contributed by atoms with Crippen LogP contribution in [0.15, 0.2) is 18.2 Å². The second-order valence-electron chi connectivity index (χ2n) is 2.73. The Morgan fingerprint density at radius 3 is 3.09 bits per heavy atom. The van der Waals surface area contributed by atoms with Gasteiger partial charge in [-0.15, -0.1) is 0 Å². The van der Waals surface area contributed by atoms with Gasteiger partial charge in [-0.1, -0.05) is 12.1 Å². The molecule has 11 heavy (non-hydrogen) atoms. The molecular weight excluding hydrogens is 141 g/mol. The van der Waals surface area contributed by atoms with Gasteiger partial charge in [0.15, 0.2) is 0 Å². The third-order valence-electron chi connectivity index (χ3n) is 1.94. The molecule has 0 spiro atoms. The van der Waals surface area contributed by atoms with E-state index in [2.05, 4.69) is 5.32 Å². The van der Waals surface area contributed by atoms with Crippen molar-refractivity contribution in [2.75, 3.05) is 6.54 Å². The molecule has 1 aromatic carbocycles. The Morgan fingerprint density at radius 2 is 2.27 bits per heavy atom. The highest BCUT2D eigenvalue weighted by molar-refractivity contribution is 5.47. The molecule has 1 heterocycles. The van der Waals surface area contributed by atoms with E-state index in [0.717, 1.165) is 24.9 Å². The van der Waals surface area contributed by atoms with Gasteiger partial charge in [-0.2, -0.15) is 0 Å². The van der Waals surface area contributed by atoms with Gasteiger partial charge in [0, 0.05) is 6.54 Å². The minimum Gasteiger partial charge on any atom is -0.282 e. The number of halogens is 1. The van der Waals surface area contributed by atoms with Crippen molar-refractivity contribution in [2.24, 2.45) is 0 Å². The molecule has 1 aliphatic heterocycles. The number of fused-ring (bicyclic) bond motifs is 1. The standard InChI is InChI=1S/C9H9FN/c10-8-5-1-3-7-4-2-6-11-9(7)8/h1,3,5H,2,4,6H2. The van der Waals surface area contributed by atoms with E-state index in [1.807, 2.05) is 6.07 Å². The fourth-order valence-electron chi connectivity index (χ4n) is 1.40. The maximum Gasteiger partial charge on any atom is 0.148 e. The van der Waals surface area contributed by atoms with Crippen molar-refractivity contribution in [2.45, 2.75) is 12.8 Å². The van der Waals surface area contributed by atoms with Crippen LogP contribution in [0.1, 0.15) is 12.0 Å². The smallest absolute Gasteiger partial charge is 0.148 e. The summed E-state index contributed by atoms with van der Waals surface area (Å²) in [5, 5.41) is 4.12. The van der Waals surface area contributed by atoms with Crippen molar-refractivity contribution in [3.63, 3.8) is 0 Å². The fourth-order valence-corrected chi connectivity index (χ4v) is 1.40. The van der Waals surface area contributed by atoms with Crippen molar-refractivity contribution in [3.8, 4) is 0 Å². The van der Waals surface area contributed by atoms with Gasteiger partial charge in [0.05, 0.1) is 5.69 Å². The number of hydrogen-bond donors (Lipinski definition) is 0. The number of para-hydroxylation sites is 1. The van der Waals surface area contributed by atoms with Gasteiger partial charge in [0.2, 0.25) is 0 Å². The van der Waals surface area contributed by atoms with E-state index in [1.165, 1.54) is 6.07 Å². The predicted molar refractivity (Wildman–Crippen MR) is 41.4 cm³/mol. The second kappa shape index (κ2) is 2.53. The molecule has 0 atom stereocenters. The van der Waals surface area contributed by atoms with E-state index in [0.29, 0.717) is 5.69 Å². The molecule has 1 nitrogen and oxygen atoms in total. The Balaban J connectivity index is 2.49. The third kappa shape index (κ3) is 1.09. The van der Waals surface area contributed by atoms with Crippen LogP contribution in [0.4, 0.5) is 10.1 Å². The molecule has 0 saturated carbocycles. The van der Waals surface area contributed by atoms with E-state index >= 15 is 0 Å². The highest BCUT2D eigenvalue weighted by atomic mass is 19.1. The first kappa shape index (κ1) is 6.65. The molecule has 0 aromatic heterocycles. The maximum absolute atomic E-state index is 13.0. The molecule has 0 bridgehead atoms. The van der Waals surface area contributed by atoms with Crippen molar-refractivity contribution in [1.29, 1.82) is 0 Å². The van der Waals surface area contributed by atoms with Crippen molar-refractivity contribution in [1.82, 2.24) is 5.32 Å². The molecule has 0 saturated heterocycles. The van der Waals surface area contributed by atoms with E-state index in [1.54, 1.807) is 6.07 Å². The summed E-state index contributed by atoms with van der Waals surface area (Å²) >= 11 is 0. The highest BCUT2D eigenvalue weighted by Crippen LogP contribution is 2.24. The SMILES string of the molecule is Fc1cccc2c1[N]CCC2. The fraction of sp³-hybridized carbons (Fsp3) is 0.333. The Bertz CT molecular complexity index is 270. The molecule has 0 unspecified atom stereocenters. The first-order chi connectivity index (χ1) is 5.38. The number of nitrogens with zero attached hydrogens (tertiary/aromatic N) is 1. The van der Waals surface area contributed by atoms with Crippen molar-refractivity contribution in [3.05, 3.63) is 29.6 Å². The van der Waals surface area contributed by atoms with Crippen molar-refractivity contribution >= 4 is 5.69 Å². The molecule has 0 N–H and O–H groups in total. The van der Waals surface area contributed by atoms with Gasteiger partial charge >= 0.3 is 0 Å². The normalized spacial score (nSPS) is 15.4. The Kier molecular flexibility index (Phi) is 1.53. The van der Waals surface area contributed by atoms with Gasteiger partial charge in [-0.25, -0.2) is 4.39 Å². The van der Waals surface area contributed by atoms with Gasteiger partial charge in [-0.3, -0.25) is 5.32 Å². The van der Waals surface area contributed by atoms with Crippen LogP contribution in [0.5, 0.6) is 0 Å². The molecule has 2 rings (SSSR count). The van der Waals surface area contributed by atoms with E-state index < -0.39 is 0 Å². The minimum atomic E-state index is -0.179. The van der Waals surface area contributed by atoms with Crippen LogP contribution in [-0.2, 0) is 6.42 Å². The van der Waals surface area contributed by atoms with E-state index in [9.17, 15) is 4.39 Å². The second-order valence-corrected chi connectivity index (χ2v) is 2.73. The van der Waals surface area contributed by atoms with Crippen LogP contribution in [0, 0.1) is 5.82 Å². The molecular formula is C9H9FN. The zero-order valence-electron chi connectivity index (χ0n) is 6.18. The summed E-state index contributed by atoms with van der Waals surface area (Å²) in [4.78, 5) is 0. The minimum absolute atomic E-state index is 0.179. The molecule has 57 valence electrons. The average Bonchev–Trinajstić information content (AvgIpc) is 2.06. The first-order valence-corrected chi connectivity index (χ1v) is 3.83. The zero-order chi connectivity index (χ0) is 7.68. The quantitative estimate of drug-likeness (QED) is 0.537. The average molecular weight is 150 g/mol. The van der Waals surface area contributed by atoms with E-state index in [4.69, 9.17) is 0 Å². The van der Waals surface area contributed by atoms with Crippen LogP contribution in [-0.4, -0.2) is 6.54 Å². The Morgan fingerprint density at radius 1 is 1.36 bits per heavy atom. The number of aryl methyl sites for hydroxylation is 1. The van der Waals surface area contributed by atoms with Crippen LogP contribution >= 0.6 is 0 Å². The Labute approximate surface area is 65.2 Å². The lowest BCUT2D eigenvalue weighted by atomic mass is 10.0. The number of rotatable bonds is 0. The summed E-state index contributed by atoms with van der Waals surface area (Å²) in [6.07, 6.45) is 2.02. The molecule has 0 amide bonds. The molecule has 2 heteroatoms. The maximum atomic E-state index is 13.0. The van der Waals surface area contributed by atoms with Gasteiger partial charge < -0.3 is 0 Å². The monoisotopic (exact) mass is 150 g/mol. The van der Waals surface area contributed by atoms with Gasteiger partial charge in [0.1, 0.15) is 5.82 Å². The largest absolute Gasteiger partial charge is 0.282 e. The number of benzene rings is 1. The highest BCUT2D eigenvalue weighted by Gasteiger charge is 2.12. The Hall–Kier alpha value is -1.05. The summed E-state index contributed by atoms with van der Waals surface area (Å²) in [6, 6.07) is 5.16. The van der Waals surface area contributed by atoms with Crippen LogP contribution in [0.2, 0.25) is 0 Å².